The molecule has 0 spiro atoms. The van der Waals surface area contributed by atoms with E-state index in [1.54, 1.807) is 0 Å². The number of hydrogen-bond acceptors (Lipinski definition) is 2. The van der Waals surface area contributed by atoms with Crippen molar-refractivity contribution in [1.82, 2.24) is 0 Å². The average Bonchev–Trinajstić information content (AvgIpc) is 2.44. The van der Waals surface area contributed by atoms with Gasteiger partial charge in [0.05, 0.1) is 11.4 Å². The molecular weight excluding hydrogens is 300 g/mol. The molecule has 2 nitrogen and oxygen atoms in total. The Balaban J connectivity index is 2.29. The Bertz CT molecular complexity index is 749. The Morgan fingerprint density at radius 2 is 1.47 bits per heavy atom. The lowest BCUT2D eigenvalue weighted by Gasteiger charge is -2.12. The van der Waals surface area contributed by atoms with Crippen LogP contribution in [-0.4, -0.2) is 0 Å². The Kier molecular flexibility index (Phi) is 2.91. The molecule has 0 saturated carbocycles. The van der Waals surface area contributed by atoms with Gasteiger partial charge in [-0.05, 0) is 29.1 Å². The highest BCUT2D eigenvalue weighted by molar-refractivity contribution is 9.10. The van der Waals surface area contributed by atoms with Gasteiger partial charge in [-0.25, -0.2) is 0 Å². The highest BCUT2D eigenvalue weighted by atomic mass is 79.9. The summed E-state index contributed by atoms with van der Waals surface area (Å²) in [4.78, 5) is 0. The zero-order valence-electron chi connectivity index (χ0n) is 10.2. The first kappa shape index (κ1) is 12.1. The molecule has 0 fully saturated rings. The van der Waals surface area contributed by atoms with Crippen LogP contribution in [0, 0.1) is 0 Å². The van der Waals surface area contributed by atoms with Crippen LogP contribution in [-0.2, 0) is 0 Å². The van der Waals surface area contributed by atoms with Gasteiger partial charge >= 0.3 is 0 Å². The van der Waals surface area contributed by atoms with Gasteiger partial charge in [0.15, 0.2) is 0 Å². The normalized spacial score (nSPS) is 10.8. The van der Waals surface area contributed by atoms with Gasteiger partial charge in [-0.1, -0.05) is 52.3 Å². The predicted molar refractivity (Wildman–Crippen MR) is 85.9 cm³/mol. The van der Waals surface area contributed by atoms with Crippen molar-refractivity contribution >= 4 is 38.1 Å². The van der Waals surface area contributed by atoms with Gasteiger partial charge in [0, 0.05) is 15.4 Å². The SMILES string of the molecule is Nc1c(-c2ccc(Br)cc2)cc2ccccc2c1N. The van der Waals surface area contributed by atoms with Crippen molar-refractivity contribution in [2.24, 2.45) is 0 Å². The minimum absolute atomic E-state index is 0.640. The number of benzene rings is 3. The summed E-state index contributed by atoms with van der Waals surface area (Å²) in [5.41, 5.74) is 15.7. The molecule has 3 rings (SSSR count). The molecular formula is C16H13BrN2. The molecule has 94 valence electrons. The summed E-state index contributed by atoms with van der Waals surface area (Å²) >= 11 is 3.43. The number of halogens is 1. The zero-order valence-corrected chi connectivity index (χ0v) is 11.8. The van der Waals surface area contributed by atoms with Crippen molar-refractivity contribution in [1.29, 1.82) is 0 Å². The van der Waals surface area contributed by atoms with Crippen LogP contribution >= 0.6 is 15.9 Å². The molecule has 3 heteroatoms. The summed E-state index contributed by atoms with van der Waals surface area (Å²) in [7, 11) is 0. The Labute approximate surface area is 120 Å². The number of rotatable bonds is 1. The lowest BCUT2D eigenvalue weighted by atomic mass is 9.98. The topological polar surface area (TPSA) is 52.0 Å². The third kappa shape index (κ3) is 2.06. The quantitative estimate of drug-likeness (QED) is 0.653. The maximum Gasteiger partial charge on any atom is 0.0634 e. The van der Waals surface area contributed by atoms with Crippen molar-refractivity contribution < 1.29 is 0 Å². The van der Waals surface area contributed by atoms with Gasteiger partial charge in [-0.2, -0.15) is 0 Å². The van der Waals surface area contributed by atoms with Gasteiger partial charge in [-0.3, -0.25) is 0 Å². The minimum atomic E-state index is 0.640. The summed E-state index contributed by atoms with van der Waals surface area (Å²) in [6.45, 7) is 0. The first-order valence-corrected chi connectivity index (χ1v) is 6.79. The van der Waals surface area contributed by atoms with E-state index in [2.05, 4.69) is 22.0 Å². The molecule has 0 radical (unpaired) electrons. The molecule has 0 atom stereocenters. The van der Waals surface area contributed by atoms with Crippen LogP contribution in [0.1, 0.15) is 0 Å². The fourth-order valence-electron chi connectivity index (χ4n) is 2.26. The van der Waals surface area contributed by atoms with E-state index in [-0.39, 0.29) is 0 Å². The summed E-state index contributed by atoms with van der Waals surface area (Å²) in [5.74, 6) is 0. The van der Waals surface area contributed by atoms with Gasteiger partial charge in [0.2, 0.25) is 0 Å². The van der Waals surface area contributed by atoms with E-state index in [0.717, 1.165) is 26.4 Å². The number of nitrogen functional groups attached to an aromatic ring is 2. The third-order valence-corrected chi connectivity index (χ3v) is 3.82. The van der Waals surface area contributed by atoms with Gasteiger partial charge < -0.3 is 11.5 Å². The molecule has 0 amide bonds. The van der Waals surface area contributed by atoms with E-state index in [0.29, 0.717) is 11.4 Å². The number of fused-ring (bicyclic) bond motifs is 1. The number of anilines is 2. The lowest BCUT2D eigenvalue weighted by Crippen LogP contribution is -1.98. The smallest absolute Gasteiger partial charge is 0.0634 e. The highest BCUT2D eigenvalue weighted by Crippen LogP contribution is 2.36. The van der Waals surface area contributed by atoms with Crippen molar-refractivity contribution in [2.75, 3.05) is 11.5 Å². The van der Waals surface area contributed by atoms with Gasteiger partial charge in [-0.15, -0.1) is 0 Å². The summed E-state index contributed by atoms with van der Waals surface area (Å²) < 4.78 is 1.04. The maximum absolute atomic E-state index is 6.18. The predicted octanol–water partition coefficient (Wildman–Crippen LogP) is 4.43. The number of nitrogens with two attached hydrogens (primary N) is 2. The Morgan fingerprint density at radius 3 is 2.21 bits per heavy atom. The third-order valence-electron chi connectivity index (χ3n) is 3.29. The standard InChI is InChI=1S/C16H13BrN2/c17-12-7-5-10(6-8-12)14-9-11-3-1-2-4-13(11)15(18)16(14)19/h1-9H,18-19H2. The summed E-state index contributed by atoms with van der Waals surface area (Å²) in [6.07, 6.45) is 0. The first-order chi connectivity index (χ1) is 9.16. The van der Waals surface area contributed by atoms with Crippen molar-refractivity contribution in [3.63, 3.8) is 0 Å². The molecule has 19 heavy (non-hydrogen) atoms. The first-order valence-electron chi connectivity index (χ1n) is 5.99. The van der Waals surface area contributed by atoms with Crippen LogP contribution in [0.3, 0.4) is 0 Å². The molecule has 0 aromatic heterocycles. The van der Waals surface area contributed by atoms with E-state index in [1.165, 1.54) is 0 Å². The molecule has 4 N–H and O–H groups in total. The molecule has 0 unspecified atom stereocenters. The molecule has 0 aliphatic rings. The molecule has 3 aromatic carbocycles. The second-order valence-electron chi connectivity index (χ2n) is 4.48. The second kappa shape index (κ2) is 4.59. The highest BCUT2D eigenvalue weighted by Gasteiger charge is 2.09. The Morgan fingerprint density at radius 1 is 0.789 bits per heavy atom. The maximum atomic E-state index is 6.18. The fourth-order valence-corrected chi connectivity index (χ4v) is 2.52. The van der Waals surface area contributed by atoms with E-state index in [1.807, 2.05) is 48.5 Å². The summed E-state index contributed by atoms with van der Waals surface area (Å²) in [6, 6.07) is 18.2. The molecule has 0 bridgehead atoms. The zero-order chi connectivity index (χ0) is 13.4. The van der Waals surface area contributed by atoms with E-state index in [4.69, 9.17) is 11.5 Å². The molecule has 0 aliphatic heterocycles. The van der Waals surface area contributed by atoms with E-state index >= 15 is 0 Å². The molecule has 0 heterocycles. The van der Waals surface area contributed by atoms with E-state index < -0.39 is 0 Å². The van der Waals surface area contributed by atoms with Crippen LogP contribution in [0.15, 0.2) is 59.1 Å². The van der Waals surface area contributed by atoms with Crippen molar-refractivity contribution in [2.45, 2.75) is 0 Å². The van der Waals surface area contributed by atoms with E-state index in [9.17, 15) is 0 Å². The Hall–Kier alpha value is -2.00. The summed E-state index contributed by atoms with van der Waals surface area (Å²) in [5, 5.41) is 2.10. The minimum Gasteiger partial charge on any atom is -0.397 e. The molecule has 3 aromatic rings. The average molecular weight is 313 g/mol. The number of hydrogen-bond donors (Lipinski definition) is 2. The van der Waals surface area contributed by atoms with Crippen LogP contribution in [0.4, 0.5) is 11.4 Å². The molecule has 0 aliphatic carbocycles. The monoisotopic (exact) mass is 312 g/mol. The van der Waals surface area contributed by atoms with Gasteiger partial charge in [0.1, 0.15) is 0 Å². The van der Waals surface area contributed by atoms with Crippen LogP contribution in [0.25, 0.3) is 21.9 Å². The van der Waals surface area contributed by atoms with Crippen molar-refractivity contribution in [3.8, 4) is 11.1 Å². The second-order valence-corrected chi connectivity index (χ2v) is 5.40. The lowest BCUT2D eigenvalue weighted by molar-refractivity contribution is 1.60. The largest absolute Gasteiger partial charge is 0.397 e. The van der Waals surface area contributed by atoms with Crippen LogP contribution < -0.4 is 11.5 Å². The van der Waals surface area contributed by atoms with Crippen molar-refractivity contribution in [3.05, 3.63) is 59.1 Å². The van der Waals surface area contributed by atoms with Gasteiger partial charge in [0.25, 0.3) is 0 Å². The van der Waals surface area contributed by atoms with Crippen LogP contribution in [0.2, 0.25) is 0 Å². The fraction of sp³-hybridized carbons (Fsp3) is 0. The van der Waals surface area contributed by atoms with Crippen LogP contribution in [0.5, 0.6) is 0 Å². The molecule has 0 saturated heterocycles.